The highest BCUT2D eigenvalue weighted by atomic mass is 79.9. The van der Waals surface area contributed by atoms with Gasteiger partial charge in [-0.25, -0.2) is 9.78 Å². The van der Waals surface area contributed by atoms with Crippen molar-refractivity contribution in [1.29, 1.82) is 0 Å². The topological polar surface area (TPSA) is 103 Å². The van der Waals surface area contributed by atoms with Crippen molar-refractivity contribution in [2.75, 3.05) is 4.90 Å². The molecule has 1 aromatic heterocycles. The van der Waals surface area contributed by atoms with Gasteiger partial charge in [-0.3, -0.25) is 19.3 Å². The second-order valence-electron chi connectivity index (χ2n) is 13.9. The maximum absolute atomic E-state index is 13.8. The molecule has 8 rings (SSSR count). The summed E-state index contributed by atoms with van der Waals surface area (Å²) in [5.41, 5.74) is 6.07. The monoisotopic (exact) mass is 754 g/mol. The molecule has 5 aromatic rings. The highest BCUT2D eigenvalue weighted by Crippen LogP contribution is 2.56. The van der Waals surface area contributed by atoms with Crippen molar-refractivity contribution in [1.82, 2.24) is 4.98 Å². The smallest absolute Gasteiger partial charge is 0.339 e. The molecule has 2 aliphatic carbocycles. The van der Waals surface area contributed by atoms with Crippen LogP contribution in [0.25, 0.3) is 22.2 Å². The number of ketones is 1. The molecule has 52 heavy (non-hydrogen) atoms. The SMILES string of the molecule is CC1=CC2CC1C1C(=O)N(c3ccc(-c4cc(C(=O)OC(C)C(=O)c5ccc(OCc6ccccc6)cc5)c5cc(Br)cc(C)c5n4)cc3)C(=O)C21. The van der Waals surface area contributed by atoms with E-state index in [2.05, 4.69) is 28.9 Å². The van der Waals surface area contributed by atoms with Gasteiger partial charge in [-0.2, -0.15) is 0 Å². The van der Waals surface area contributed by atoms with Crippen molar-refractivity contribution in [2.45, 2.75) is 39.9 Å². The number of esters is 1. The molecular formula is C43H35BrN2O6. The summed E-state index contributed by atoms with van der Waals surface area (Å²) in [6, 6.07) is 29.1. The number of hydrogen-bond acceptors (Lipinski definition) is 7. The third kappa shape index (κ3) is 5.92. The van der Waals surface area contributed by atoms with Crippen LogP contribution < -0.4 is 9.64 Å². The van der Waals surface area contributed by atoms with Crippen molar-refractivity contribution in [3.63, 3.8) is 0 Å². The van der Waals surface area contributed by atoms with Gasteiger partial charge in [0.25, 0.3) is 0 Å². The van der Waals surface area contributed by atoms with Crippen LogP contribution in [0, 0.1) is 30.6 Å². The van der Waals surface area contributed by atoms with E-state index in [0.29, 0.717) is 45.8 Å². The summed E-state index contributed by atoms with van der Waals surface area (Å²) in [5.74, 6) is -0.952. The third-order valence-corrected chi connectivity index (χ3v) is 11.1. The molecule has 260 valence electrons. The van der Waals surface area contributed by atoms with Gasteiger partial charge in [0.05, 0.1) is 34.3 Å². The Morgan fingerprint density at radius 3 is 2.35 bits per heavy atom. The normalized spacial score (nSPS) is 20.9. The Bertz CT molecular complexity index is 2300. The Hall–Kier alpha value is -5.41. The van der Waals surface area contributed by atoms with Crippen LogP contribution in [0.15, 0.2) is 113 Å². The summed E-state index contributed by atoms with van der Waals surface area (Å²) in [6.07, 6.45) is 1.98. The first-order valence-electron chi connectivity index (χ1n) is 17.4. The van der Waals surface area contributed by atoms with Gasteiger partial charge in [0.15, 0.2) is 6.10 Å². The van der Waals surface area contributed by atoms with Crippen molar-refractivity contribution in [3.05, 3.63) is 135 Å². The zero-order valence-electron chi connectivity index (χ0n) is 28.8. The summed E-state index contributed by atoms with van der Waals surface area (Å²) in [5, 5.41) is 0.579. The molecule has 8 nitrogen and oxygen atoms in total. The minimum atomic E-state index is -1.06. The maximum Gasteiger partial charge on any atom is 0.339 e. The molecule has 2 heterocycles. The lowest BCUT2D eigenvalue weighted by Crippen LogP contribution is -2.32. The van der Waals surface area contributed by atoms with Gasteiger partial charge in [0.2, 0.25) is 17.6 Å². The molecule has 2 bridgehead atoms. The number of fused-ring (bicyclic) bond motifs is 6. The van der Waals surface area contributed by atoms with Gasteiger partial charge in [0.1, 0.15) is 12.4 Å². The first kappa shape index (κ1) is 33.7. The van der Waals surface area contributed by atoms with Gasteiger partial charge < -0.3 is 9.47 Å². The maximum atomic E-state index is 13.8. The number of imide groups is 1. The fraction of sp³-hybridized carbons (Fsp3) is 0.233. The summed E-state index contributed by atoms with van der Waals surface area (Å²) in [6.45, 7) is 5.92. The van der Waals surface area contributed by atoms with Crippen molar-refractivity contribution in [3.8, 4) is 17.0 Å². The Morgan fingerprint density at radius 2 is 1.62 bits per heavy atom. The molecule has 5 unspecified atom stereocenters. The number of benzene rings is 4. The second kappa shape index (κ2) is 13.3. The number of allylic oxidation sites excluding steroid dienone is 2. The van der Waals surface area contributed by atoms with E-state index in [0.717, 1.165) is 22.0 Å². The van der Waals surface area contributed by atoms with E-state index >= 15 is 0 Å². The number of anilines is 1. The van der Waals surface area contributed by atoms with Crippen LogP contribution in [-0.4, -0.2) is 34.7 Å². The minimum absolute atomic E-state index is 0.127. The highest BCUT2D eigenvalue weighted by Gasteiger charge is 2.60. The van der Waals surface area contributed by atoms with Gasteiger partial charge in [-0.1, -0.05) is 70.0 Å². The minimum Gasteiger partial charge on any atom is -0.489 e. The summed E-state index contributed by atoms with van der Waals surface area (Å²) >= 11 is 3.54. The van der Waals surface area contributed by atoms with Crippen LogP contribution in [-0.2, 0) is 20.9 Å². The molecule has 3 aliphatic rings. The van der Waals surface area contributed by atoms with Crippen LogP contribution in [0.4, 0.5) is 5.69 Å². The van der Waals surface area contributed by atoms with Crippen LogP contribution in [0.3, 0.4) is 0 Å². The van der Waals surface area contributed by atoms with E-state index in [1.807, 2.05) is 49.4 Å². The number of ether oxygens (including phenoxy) is 2. The van der Waals surface area contributed by atoms with Gasteiger partial charge in [-0.05, 0) is 105 Å². The quantitative estimate of drug-likeness (QED) is 0.0642. The van der Waals surface area contributed by atoms with Gasteiger partial charge >= 0.3 is 5.97 Å². The predicted octanol–water partition coefficient (Wildman–Crippen LogP) is 8.68. The highest BCUT2D eigenvalue weighted by molar-refractivity contribution is 9.10. The van der Waals surface area contributed by atoms with Gasteiger partial charge in [-0.15, -0.1) is 0 Å². The van der Waals surface area contributed by atoms with E-state index in [1.54, 1.807) is 61.5 Å². The third-order valence-electron chi connectivity index (χ3n) is 10.6. The average molecular weight is 756 g/mol. The number of Topliss-reactive ketones (excluding diaryl/α,β-unsaturated/α-hetero) is 1. The average Bonchev–Trinajstić information content (AvgIpc) is 3.80. The molecule has 2 fully saturated rings. The summed E-state index contributed by atoms with van der Waals surface area (Å²) in [7, 11) is 0. The van der Waals surface area contributed by atoms with Gasteiger partial charge in [0, 0.05) is 21.0 Å². The fourth-order valence-electron chi connectivity index (χ4n) is 8.05. The van der Waals surface area contributed by atoms with Crippen molar-refractivity contribution >= 4 is 56.1 Å². The Balaban J connectivity index is 1.02. The Labute approximate surface area is 309 Å². The number of pyridine rings is 1. The number of halogens is 1. The molecule has 5 atom stereocenters. The van der Waals surface area contributed by atoms with Crippen molar-refractivity contribution in [2.24, 2.45) is 23.7 Å². The molecule has 0 N–H and O–H groups in total. The zero-order valence-corrected chi connectivity index (χ0v) is 30.4. The summed E-state index contributed by atoms with van der Waals surface area (Å²) in [4.78, 5) is 60.5. The van der Waals surface area contributed by atoms with E-state index in [1.165, 1.54) is 10.5 Å². The number of amides is 2. The lowest BCUT2D eigenvalue weighted by Gasteiger charge is -2.19. The molecule has 4 aromatic carbocycles. The van der Waals surface area contributed by atoms with E-state index in [9.17, 15) is 19.2 Å². The molecule has 0 radical (unpaired) electrons. The molecule has 9 heteroatoms. The fourth-order valence-corrected chi connectivity index (χ4v) is 8.62. The molecule has 1 aliphatic heterocycles. The van der Waals surface area contributed by atoms with Crippen LogP contribution >= 0.6 is 15.9 Å². The number of hydrogen-bond donors (Lipinski definition) is 0. The number of nitrogens with zero attached hydrogens (tertiary/aromatic N) is 2. The molecule has 1 saturated heterocycles. The van der Waals surface area contributed by atoms with Crippen LogP contribution in [0.2, 0.25) is 0 Å². The number of aromatic nitrogens is 1. The number of carbonyl (C=O) groups is 4. The largest absolute Gasteiger partial charge is 0.489 e. The first-order valence-corrected chi connectivity index (χ1v) is 18.2. The second-order valence-corrected chi connectivity index (χ2v) is 14.8. The van der Waals surface area contributed by atoms with Crippen LogP contribution in [0.5, 0.6) is 5.75 Å². The number of aryl methyl sites for hydroxylation is 1. The van der Waals surface area contributed by atoms with E-state index < -0.39 is 12.1 Å². The number of carbonyl (C=O) groups excluding carboxylic acids is 4. The lowest BCUT2D eigenvalue weighted by atomic mass is 9.82. The molecule has 0 spiro atoms. The van der Waals surface area contributed by atoms with Crippen LogP contribution in [0.1, 0.15) is 52.1 Å². The summed E-state index contributed by atoms with van der Waals surface area (Å²) < 4.78 is 12.4. The lowest BCUT2D eigenvalue weighted by molar-refractivity contribution is -0.123. The molecular weight excluding hydrogens is 720 g/mol. The molecule has 1 saturated carbocycles. The van der Waals surface area contributed by atoms with E-state index in [4.69, 9.17) is 14.5 Å². The van der Waals surface area contributed by atoms with E-state index in [-0.39, 0.29) is 46.8 Å². The van der Waals surface area contributed by atoms with Crippen molar-refractivity contribution < 1.29 is 28.7 Å². The Morgan fingerprint density at radius 1 is 0.904 bits per heavy atom. The molecule has 2 amide bonds. The standard InChI is InChI=1S/C43H35BrN2O6/c1-23-17-29-19-33(23)38-37(29)41(48)46(42(38)49)31-13-9-27(10-14-31)36-21-35(34-20-30(44)18-24(2)39(34)45-36)43(50)52-25(3)40(47)28-11-15-32(16-12-28)51-22-26-7-5-4-6-8-26/h4-18,20-21,25,29,33,37-38H,19,22H2,1-3H3. The Kier molecular flexibility index (Phi) is 8.62. The first-order chi connectivity index (χ1) is 25.1. The predicted molar refractivity (Wildman–Crippen MR) is 201 cm³/mol. The zero-order chi connectivity index (χ0) is 36.3. The number of rotatable bonds is 9.